The summed E-state index contributed by atoms with van der Waals surface area (Å²) in [6.45, 7) is 7.49. The van der Waals surface area contributed by atoms with Crippen molar-refractivity contribution in [1.29, 1.82) is 0 Å². The van der Waals surface area contributed by atoms with Crippen molar-refractivity contribution in [3.63, 3.8) is 0 Å². The van der Waals surface area contributed by atoms with Crippen LogP contribution in [0.2, 0.25) is 0 Å². The zero-order valence-electron chi connectivity index (χ0n) is 9.49. The molecule has 1 heterocycles. The molecule has 1 saturated heterocycles. The Morgan fingerprint density at radius 3 is 2.53 bits per heavy atom. The molecular formula is C10H17NO4. The second kappa shape index (κ2) is 4.08. The number of cyclic esters (lactones) is 1. The molecule has 86 valence electrons. The van der Waals surface area contributed by atoms with E-state index >= 15 is 0 Å². The third-order valence-electron chi connectivity index (χ3n) is 1.98. The molecule has 1 aliphatic rings. The van der Waals surface area contributed by atoms with Crippen LogP contribution in [0.3, 0.4) is 0 Å². The number of carbonyl (C=O) groups is 2. The fraction of sp³-hybridized carbons (Fsp3) is 0.800. The van der Waals surface area contributed by atoms with E-state index in [1.165, 1.54) is 0 Å². The molecule has 1 N–H and O–H groups in total. The maximum absolute atomic E-state index is 11.4. The van der Waals surface area contributed by atoms with Gasteiger partial charge in [0, 0.05) is 5.92 Å². The Balaban J connectivity index is 2.48. The van der Waals surface area contributed by atoms with E-state index in [2.05, 4.69) is 5.32 Å². The topological polar surface area (TPSA) is 64.6 Å². The van der Waals surface area contributed by atoms with Gasteiger partial charge in [-0.2, -0.15) is 0 Å². The van der Waals surface area contributed by atoms with E-state index in [1.54, 1.807) is 20.8 Å². The summed E-state index contributed by atoms with van der Waals surface area (Å²) in [5.74, 6) is -0.404. The van der Waals surface area contributed by atoms with Gasteiger partial charge < -0.3 is 14.8 Å². The molecule has 0 aromatic heterocycles. The van der Waals surface area contributed by atoms with Crippen molar-refractivity contribution in [2.75, 3.05) is 6.61 Å². The average Bonchev–Trinajstić information content (AvgIpc) is 2.32. The number of carbonyl (C=O) groups excluding carboxylic acids is 2. The van der Waals surface area contributed by atoms with Gasteiger partial charge in [0.25, 0.3) is 0 Å². The first-order valence-corrected chi connectivity index (χ1v) is 4.96. The van der Waals surface area contributed by atoms with Crippen LogP contribution in [0.1, 0.15) is 27.7 Å². The summed E-state index contributed by atoms with van der Waals surface area (Å²) in [6, 6.07) is -0.583. The van der Waals surface area contributed by atoms with Crippen molar-refractivity contribution in [3.05, 3.63) is 0 Å². The average molecular weight is 215 g/mol. The lowest BCUT2D eigenvalue weighted by molar-refractivity contribution is -0.139. The number of rotatable bonds is 1. The smallest absolute Gasteiger partial charge is 0.408 e. The molecule has 0 bridgehead atoms. The van der Waals surface area contributed by atoms with Crippen LogP contribution >= 0.6 is 0 Å². The highest BCUT2D eigenvalue weighted by Crippen LogP contribution is 2.15. The molecule has 0 saturated carbocycles. The molecule has 5 heteroatoms. The Hall–Kier alpha value is -1.26. The maximum Gasteiger partial charge on any atom is 0.408 e. The number of ether oxygens (including phenoxy) is 2. The van der Waals surface area contributed by atoms with Crippen LogP contribution < -0.4 is 5.32 Å². The van der Waals surface area contributed by atoms with E-state index in [1.807, 2.05) is 6.92 Å². The Labute approximate surface area is 89.1 Å². The van der Waals surface area contributed by atoms with E-state index in [0.29, 0.717) is 6.61 Å². The van der Waals surface area contributed by atoms with Gasteiger partial charge in [0.15, 0.2) is 0 Å². The molecule has 2 atom stereocenters. The summed E-state index contributed by atoms with van der Waals surface area (Å²) in [6.07, 6.45) is -0.585. The number of nitrogens with one attached hydrogen (secondary N) is 1. The second-order valence-electron chi connectivity index (χ2n) is 4.73. The van der Waals surface area contributed by atoms with E-state index < -0.39 is 23.7 Å². The molecule has 0 aromatic carbocycles. The first-order chi connectivity index (χ1) is 6.79. The predicted molar refractivity (Wildman–Crippen MR) is 53.3 cm³/mol. The molecule has 5 nitrogen and oxygen atoms in total. The lowest BCUT2D eigenvalue weighted by atomic mass is 10.1. The summed E-state index contributed by atoms with van der Waals surface area (Å²) in [5, 5.41) is 2.50. The zero-order valence-corrected chi connectivity index (χ0v) is 9.49. The largest absolute Gasteiger partial charge is 0.464 e. The molecule has 0 aliphatic carbocycles. The third-order valence-corrected chi connectivity index (χ3v) is 1.98. The highest BCUT2D eigenvalue weighted by atomic mass is 16.6. The Morgan fingerprint density at radius 1 is 1.53 bits per heavy atom. The van der Waals surface area contributed by atoms with Crippen LogP contribution in [0.5, 0.6) is 0 Å². The SMILES string of the molecule is CC1COC(=O)[C@H]1NC(=O)OC(C)(C)C. The van der Waals surface area contributed by atoms with Gasteiger partial charge in [0.05, 0.1) is 6.61 Å². The van der Waals surface area contributed by atoms with Crippen LogP contribution in [0.4, 0.5) is 4.79 Å². The van der Waals surface area contributed by atoms with Gasteiger partial charge in [0.2, 0.25) is 0 Å². The van der Waals surface area contributed by atoms with E-state index in [0.717, 1.165) is 0 Å². The quantitative estimate of drug-likeness (QED) is 0.664. The Morgan fingerprint density at radius 2 is 2.13 bits per heavy atom. The number of alkyl carbamates (subject to hydrolysis) is 1. The lowest BCUT2D eigenvalue weighted by Gasteiger charge is -2.21. The molecular weight excluding hydrogens is 198 g/mol. The minimum Gasteiger partial charge on any atom is -0.464 e. The number of hydrogen-bond acceptors (Lipinski definition) is 4. The standard InChI is InChI=1S/C10H17NO4/c1-6-5-14-8(12)7(6)11-9(13)15-10(2,3)4/h6-7H,5H2,1-4H3,(H,11,13)/t6?,7-/m0/s1. The van der Waals surface area contributed by atoms with Gasteiger partial charge in [-0.1, -0.05) is 6.92 Å². The number of esters is 1. The van der Waals surface area contributed by atoms with Crippen LogP contribution in [-0.4, -0.2) is 30.3 Å². The minimum atomic E-state index is -0.585. The number of hydrogen-bond donors (Lipinski definition) is 1. The highest BCUT2D eigenvalue weighted by Gasteiger charge is 2.35. The summed E-state index contributed by atoms with van der Waals surface area (Å²) in [5.41, 5.74) is -0.560. The van der Waals surface area contributed by atoms with Crippen molar-refractivity contribution >= 4 is 12.1 Å². The monoisotopic (exact) mass is 215 g/mol. The van der Waals surface area contributed by atoms with Gasteiger partial charge in [0.1, 0.15) is 11.6 Å². The first kappa shape index (κ1) is 11.8. The van der Waals surface area contributed by atoms with Crippen LogP contribution in [0.25, 0.3) is 0 Å². The molecule has 0 aromatic rings. The molecule has 1 aliphatic heterocycles. The van der Waals surface area contributed by atoms with Gasteiger partial charge in [-0.15, -0.1) is 0 Å². The first-order valence-electron chi connectivity index (χ1n) is 4.96. The van der Waals surface area contributed by atoms with E-state index in [9.17, 15) is 9.59 Å². The second-order valence-corrected chi connectivity index (χ2v) is 4.73. The predicted octanol–water partition coefficient (Wildman–Crippen LogP) is 1.07. The molecule has 0 radical (unpaired) electrons. The van der Waals surface area contributed by atoms with Crippen molar-refractivity contribution in [2.24, 2.45) is 5.92 Å². The fourth-order valence-corrected chi connectivity index (χ4v) is 1.27. The fourth-order valence-electron chi connectivity index (χ4n) is 1.27. The summed E-state index contributed by atoms with van der Waals surface area (Å²) < 4.78 is 9.84. The van der Waals surface area contributed by atoms with Gasteiger partial charge in [-0.3, -0.25) is 0 Å². The summed E-state index contributed by atoms with van der Waals surface area (Å²) in [4.78, 5) is 22.6. The lowest BCUT2D eigenvalue weighted by Crippen LogP contribution is -2.44. The van der Waals surface area contributed by atoms with Gasteiger partial charge >= 0.3 is 12.1 Å². The molecule has 0 spiro atoms. The van der Waals surface area contributed by atoms with Crippen molar-refractivity contribution in [1.82, 2.24) is 5.32 Å². The summed E-state index contributed by atoms with van der Waals surface area (Å²) >= 11 is 0. The molecule has 1 amide bonds. The highest BCUT2D eigenvalue weighted by molar-refractivity contribution is 5.83. The van der Waals surface area contributed by atoms with Crippen LogP contribution in [-0.2, 0) is 14.3 Å². The van der Waals surface area contributed by atoms with E-state index in [-0.39, 0.29) is 5.92 Å². The molecule has 1 unspecified atom stereocenters. The maximum atomic E-state index is 11.4. The minimum absolute atomic E-state index is 0.00924. The third kappa shape index (κ3) is 3.42. The van der Waals surface area contributed by atoms with Crippen LogP contribution in [0.15, 0.2) is 0 Å². The Bertz CT molecular complexity index is 269. The van der Waals surface area contributed by atoms with Gasteiger partial charge in [-0.05, 0) is 20.8 Å². The summed E-state index contributed by atoms with van der Waals surface area (Å²) in [7, 11) is 0. The normalized spacial score (nSPS) is 26.0. The van der Waals surface area contributed by atoms with Crippen molar-refractivity contribution < 1.29 is 19.1 Å². The molecule has 1 fully saturated rings. The van der Waals surface area contributed by atoms with Crippen molar-refractivity contribution in [3.8, 4) is 0 Å². The van der Waals surface area contributed by atoms with Crippen LogP contribution in [0, 0.1) is 5.92 Å². The van der Waals surface area contributed by atoms with E-state index in [4.69, 9.17) is 9.47 Å². The molecule has 15 heavy (non-hydrogen) atoms. The molecule has 1 rings (SSSR count). The zero-order chi connectivity index (χ0) is 11.6. The number of amides is 1. The van der Waals surface area contributed by atoms with Gasteiger partial charge in [-0.25, -0.2) is 9.59 Å². The van der Waals surface area contributed by atoms with Crippen molar-refractivity contribution in [2.45, 2.75) is 39.3 Å². The Kier molecular flexibility index (Phi) is 3.21.